The number of alkyl halides is 1. The van der Waals surface area contributed by atoms with E-state index in [1.165, 1.54) is 0 Å². The fourth-order valence-corrected chi connectivity index (χ4v) is 5.48. The zero-order valence-electron chi connectivity index (χ0n) is 17.9. The minimum absolute atomic E-state index is 0.0191. The average molecular weight is 450 g/mol. The Morgan fingerprint density at radius 1 is 1.07 bits per heavy atom. The van der Waals surface area contributed by atoms with Crippen LogP contribution in [0.25, 0.3) is 0 Å². The van der Waals surface area contributed by atoms with Crippen molar-refractivity contribution in [1.82, 2.24) is 4.90 Å². The van der Waals surface area contributed by atoms with Crippen molar-refractivity contribution in [3.8, 4) is 0 Å². The first-order chi connectivity index (χ1) is 14.4. The van der Waals surface area contributed by atoms with Crippen LogP contribution in [0.2, 0.25) is 0 Å². The SMILES string of the molecule is CCN1CCN(c2cccc(NS(=O)(=O)CCC(CCl)c3ccccc3C)c2)CC1. The molecule has 3 rings (SSSR count). The number of hydrogen-bond acceptors (Lipinski definition) is 4. The smallest absolute Gasteiger partial charge is 0.232 e. The van der Waals surface area contributed by atoms with E-state index in [4.69, 9.17) is 11.6 Å². The van der Waals surface area contributed by atoms with Crippen molar-refractivity contribution in [2.24, 2.45) is 0 Å². The topological polar surface area (TPSA) is 52.6 Å². The molecule has 2 aromatic rings. The summed E-state index contributed by atoms with van der Waals surface area (Å²) in [6.45, 7) is 9.26. The van der Waals surface area contributed by atoms with E-state index in [1.807, 2.05) is 55.5 Å². The van der Waals surface area contributed by atoms with Gasteiger partial charge in [0.05, 0.1) is 11.4 Å². The number of benzene rings is 2. The van der Waals surface area contributed by atoms with E-state index < -0.39 is 10.0 Å². The molecule has 1 heterocycles. The first-order valence-corrected chi connectivity index (χ1v) is 12.8. The highest BCUT2D eigenvalue weighted by Crippen LogP contribution is 2.26. The predicted octanol–water partition coefficient (Wildman–Crippen LogP) is 4.29. The summed E-state index contributed by atoms with van der Waals surface area (Å²) in [6, 6.07) is 15.7. The Balaban J connectivity index is 1.62. The minimum atomic E-state index is -3.46. The van der Waals surface area contributed by atoms with Gasteiger partial charge in [0.25, 0.3) is 0 Å². The van der Waals surface area contributed by atoms with Gasteiger partial charge in [-0.05, 0) is 55.1 Å². The van der Waals surface area contributed by atoms with E-state index in [0.29, 0.717) is 18.0 Å². The summed E-state index contributed by atoms with van der Waals surface area (Å²) in [7, 11) is -3.46. The van der Waals surface area contributed by atoms with E-state index in [0.717, 1.165) is 49.5 Å². The van der Waals surface area contributed by atoms with Crippen LogP contribution in [0.15, 0.2) is 48.5 Å². The van der Waals surface area contributed by atoms with Crippen LogP contribution in [-0.2, 0) is 10.0 Å². The van der Waals surface area contributed by atoms with Crippen LogP contribution in [-0.4, -0.2) is 57.7 Å². The second kappa shape index (κ2) is 10.5. The maximum absolute atomic E-state index is 12.7. The molecule has 1 saturated heterocycles. The number of nitrogens with one attached hydrogen (secondary N) is 1. The molecular formula is C23H32ClN3O2S. The summed E-state index contributed by atoms with van der Waals surface area (Å²) < 4.78 is 28.2. The average Bonchev–Trinajstić information content (AvgIpc) is 2.75. The summed E-state index contributed by atoms with van der Waals surface area (Å²) in [5, 5.41) is 0. The molecule has 1 aliphatic rings. The van der Waals surface area contributed by atoms with Crippen LogP contribution in [0.4, 0.5) is 11.4 Å². The molecule has 0 aromatic heterocycles. The standard InChI is InChI=1S/C23H32ClN3O2S/c1-3-26-12-14-27(15-13-26)22-9-6-8-21(17-22)25-30(28,29)16-11-20(18-24)23-10-5-4-7-19(23)2/h4-10,17,20,25H,3,11-16,18H2,1-2H3. The number of sulfonamides is 1. The molecule has 1 atom stereocenters. The Labute approximate surface area is 186 Å². The molecule has 0 saturated carbocycles. The maximum Gasteiger partial charge on any atom is 0.232 e. The first-order valence-electron chi connectivity index (χ1n) is 10.6. The number of nitrogens with zero attached hydrogens (tertiary/aromatic N) is 2. The highest BCUT2D eigenvalue weighted by molar-refractivity contribution is 7.92. The Bertz CT molecular complexity index is 928. The van der Waals surface area contributed by atoms with Gasteiger partial charge in [0.15, 0.2) is 0 Å². The lowest BCUT2D eigenvalue weighted by molar-refractivity contribution is 0.271. The van der Waals surface area contributed by atoms with Gasteiger partial charge in [-0.2, -0.15) is 0 Å². The van der Waals surface area contributed by atoms with Crippen molar-refractivity contribution in [3.05, 3.63) is 59.7 Å². The van der Waals surface area contributed by atoms with Gasteiger partial charge in [-0.3, -0.25) is 4.72 Å². The molecule has 0 radical (unpaired) electrons. The van der Waals surface area contributed by atoms with Crippen LogP contribution in [0.5, 0.6) is 0 Å². The van der Waals surface area contributed by atoms with Crippen molar-refractivity contribution in [3.63, 3.8) is 0 Å². The van der Waals surface area contributed by atoms with Crippen LogP contribution in [0, 0.1) is 6.92 Å². The molecule has 164 valence electrons. The van der Waals surface area contributed by atoms with Gasteiger partial charge in [-0.25, -0.2) is 8.42 Å². The first kappa shape index (κ1) is 22.9. The quantitative estimate of drug-likeness (QED) is 0.580. The van der Waals surface area contributed by atoms with Gasteiger partial charge < -0.3 is 9.80 Å². The van der Waals surface area contributed by atoms with E-state index in [-0.39, 0.29) is 11.7 Å². The van der Waals surface area contributed by atoms with Gasteiger partial charge in [0.1, 0.15) is 0 Å². The number of hydrogen-bond donors (Lipinski definition) is 1. The maximum atomic E-state index is 12.7. The number of piperazine rings is 1. The summed E-state index contributed by atoms with van der Waals surface area (Å²) in [6.07, 6.45) is 0.488. The molecule has 0 spiro atoms. The van der Waals surface area contributed by atoms with Gasteiger partial charge in [0.2, 0.25) is 10.0 Å². The molecular weight excluding hydrogens is 418 g/mol. The highest BCUT2D eigenvalue weighted by atomic mass is 35.5. The Kier molecular flexibility index (Phi) is 8.03. The molecule has 7 heteroatoms. The molecule has 5 nitrogen and oxygen atoms in total. The van der Waals surface area contributed by atoms with Crippen LogP contribution >= 0.6 is 11.6 Å². The number of aryl methyl sites for hydroxylation is 1. The number of halogens is 1. The summed E-state index contributed by atoms with van der Waals surface area (Å²) in [4.78, 5) is 4.73. The molecule has 0 amide bonds. The summed E-state index contributed by atoms with van der Waals surface area (Å²) in [5.41, 5.74) is 3.94. The second-order valence-corrected chi connectivity index (χ2v) is 10.0. The lowest BCUT2D eigenvalue weighted by atomic mass is 9.94. The number of rotatable bonds is 9. The molecule has 30 heavy (non-hydrogen) atoms. The van der Waals surface area contributed by atoms with Crippen LogP contribution in [0.1, 0.15) is 30.4 Å². The highest BCUT2D eigenvalue weighted by Gasteiger charge is 2.19. The number of likely N-dealkylation sites (N-methyl/N-ethyl adjacent to an activating group) is 1. The zero-order valence-corrected chi connectivity index (χ0v) is 19.4. The molecule has 1 fully saturated rings. The molecule has 1 N–H and O–H groups in total. The van der Waals surface area contributed by atoms with E-state index in [9.17, 15) is 8.42 Å². The van der Waals surface area contributed by atoms with Gasteiger partial charge in [-0.15, -0.1) is 11.6 Å². The Morgan fingerprint density at radius 3 is 2.47 bits per heavy atom. The minimum Gasteiger partial charge on any atom is -0.369 e. The largest absolute Gasteiger partial charge is 0.369 e. The Hall–Kier alpha value is -1.76. The second-order valence-electron chi connectivity index (χ2n) is 7.89. The van der Waals surface area contributed by atoms with Crippen LogP contribution in [0.3, 0.4) is 0 Å². The van der Waals surface area contributed by atoms with Crippen molar-refractivity contribution in [2.45, 2.75) is 26.2 Å². The molecule has 1 unspecified atom stereocenters. The lowest BCUT2D eigenvalue weighted by Crippen LogP contribution is -2.46. The summed E-state index contributed by atoms with van der Waals surface area (Å²) in [5.74, 6) is 0.461. The van der Waals surface area contributed by atoms with E-state index >= 15 is 0 Å². The molecule has 0 aliphatic carbocycles. The fourth-order valence-electron chi connectivity index (χ4n) is 3.98. The van der Waals surface area contributed by atoms with Crippen LogP contribution < -0.4 is 9.62 Å². The fraction of sp³-hybridized carbons (Fsp3) is 0.478. The van der Waals surface area contributed by atoms with Crippen molar-refractivity contribution in [1.29, 1.82) is 0 Å². The van der Waals surface area contributed by atoms with Gasteiger partial charge in [-0.1, -0.05) is 37.3 Å². The van der Waals surface area contributed by atoms with Gasteiger partial charge in [0, 0.05) is 37.7 Å². The Morgan fingerprint density at radius 2 is 1.80 bits per heavy atom. The van der Waals surface area contributed by atoms with E-state index in [1.54, 1.807) is 0 Å². The molecule has 2 aromatic carbocycles. The lowest BCUT2D eigenvalue weighted by Gasteiger charge is -2.35. The third-order valence-electron chi connectivity index (χ3n) is 5.85. The predicted molar refractivity (Wildman–Crippen MR) is 127 cm³/mol. The number of anilines is 2. The monoisotopic (exact) mass is 449 g/mol. The zero-order chi connectivity index (χ0) is 21.6. The molecule has 1 aliphatic heterocycles. The third-order valence-corrected chi connectivity index (χ3v) is 7.55. The van der Waals surface area contributed by atoms with Crippen molar-refractivity contribution < 1.29 is 8.42 Å². The normalized spacial score (nSPS) is 16.4. The summed E-state index contributed by atoms with van der Waals surface area (Å²) >= 11 is 6.17. The van der Waals surface area contributed by atoms with Crippen molar-refractivity contribution in [2.75, 3.05) is 54.0 Å². The third kappa shape index (κ3) is 6.13. The van der Waals surface area contributed by atoms with E-state index in [2.05, 4.69) is 21.4 Å². The van der Waals surface area contributed by atoms with Gasteiger partial charge >= 0.3 is 0 Å². The molecule has 0 bridgehead atoms. The van der Waals surface area contributed by atoms with Crippen molar-refractivity contribution >= 4 is 33.0 Å².